The summed E-state index contributed by atoms with van der Waals surface area (Å²) in [6, 6.07) is 16.6. The van der Waals surface area contributed by atoms with Crippen LogP contribution in [0.5, 0.6) is 0 Å². The number of hydrogen-bond acceptors (Lipinski definition) is 3. The summed E-state index contributed by atoms with van der Waals surface area (Å²) in [6.45, 7) is 2.12. The number of carbonyl (C=O) groups excluding carboxylic acids is 1. The van der Waals surface area contributed by atoms with Gasteiger partial charge in [-0.3, -0.25) is 4.79 Å². The molecule has 1 heterocycles. The highest BCUT2D eigenvalue weighted by Gasteiger charge is 2.54. The first-order valence-electron chi connectivity index (χ1n) is 11.5. The van der Waals surface area contributed by atoms with Crippen LogP contribution in [0.3, 0.4) is 0 Å². The summed E-state index contributed by atoms with van der Waals surface area (Å²) in [7, 11) is 0. The van der Waals surface area contributed by atoms with E-state index in [-0.39, 0.29) is 11.3 Å². The van der Waals surface area contributed by atoms with Gasteiger partial charge in [-0.2, -0.15) is 0 Å². The lowest BCUT2D eigenvalue weighted by molar-refractivity contribution is -0.140. The van der Waals surface area contributed by atoms with Crippen LogP contribution >= 0.6 is 11.3 Å². The van der Waals surface area contributed by atoms with Crippen LogP contribution < -0.4 is 5.32 Å². The number of anilines is 1. The van der Waals surface area contributed by atoms with E-state index >= 15 is 0 Å². The average molecular weight is 429 g/mol. The molecule has 3 aromatic rings. The molecule has 4 saturated carbocycles. The van der Waals surface area contributed by atoms with Crippen LogP contribution in [0.4, 0.5) is 5.69 Å². The Morgan fingerprint density at radius 1 is 0.968 bits per heavy atom. The Morgan fingerprint density at radius 3 is 2.26 bits per heavy atom. The number of hydrogen-bond donors (Lipinski definition) is 1. The summed E-state index contributed by atoms with van der Waals surface area (Å²) < 4.78 is 0. The van der Waals surface area contributed by atoms with Gasteiger partial charge in [-0.25, -0.2) is 4.98 Å². The van der Waals surface area contributed by atoms with Crippen molar-refractivity contribution in [1.82, 2.24) is 4.98 Å². The van der Waals surface area contributed by atoms with Crippen LogP contribution in [0.1, 0.15) is 44.1 Å². The number of nitrogens with one attached hydrogen (secondary N) is 1. The van der Waals surface area contributed by atoms with Crippen LogP contribution in [0.25, 0.3) is 21.8 Å². The fraction of sp³-hybridized carbons (Fsp3) is 0.407. The zero-order chi connectivity index (χ0) is 21.0. The van der Waals surface area contributed by atoms with Gasteiger partial charge in [0.05, 0.1) is 11.1 Å². The molecule has 31 heavy (non-hydrogen) atoms. The first-order valence-corrected chi connectivity index (χ1v) is 12.4. The van der Waals surface area contributed by atoms with Gasteiger partial charge in [-0.1, -0.05) is 36.4 Å². The molecule has 0 atom stereocenters. The van der Waals surface area contributed by atoms with Gasteiger partial charge in [0.15, 0.2) is 0 Å². The van der Waals surface area contributed by atoms with Crippen molar-refractivity contribution in [3.05, 3.63) is 59.5 Å². The Balaban J connectivity index is 1.18. The molecule has 0 radical (unpaired) electrons. The van der Waals surface area contributed by atoms with E-state index < -0.39 is 0 Å². The van der Waals surface area contributed by atoms with Crippen LogP contribution in [-0.4, -0.2) is 10.9 Å². The topological polar surface area (TPSA) is 42.0 Å². The SMILES string of the molecule is Cc1ccccc1-c1nc(-c2ccc(NC(=O)C34CC5CC(CC(C5)C3)C4)cc2)cs1. The number of thiazole rings is 1. The van der Waals surface area contributed by atoms with Gasteiger partial charge >= 0.3 is 0 Å². The van der Waals surface area contributed by atoms with Gasteiger partial charge < -0.3 is 5.32 Å². The smallest absolute Gasteiger partial charge is 0.230 e. The van der Waals surface area contributed by atoms with Crippen molar-refractivity contribution in [1.29, 1.82) is 0 Å². The second-order valence-electron chi connectivity index (χ2n) is 10.1. The molecule has 2 aromatic carbocycles. The van der Waals surface area contributed by atoms with Crippen molar-refractivity contribution in [3.63, 3.8) is 0 Å². The van der Waals surface area contributed by atoms with Gasteiger partial charge in [0.1, 0.15) is 5.01 Å². The highest BCUT2D eigenvalue weighted by Crippen LogP contribution is 2.60. The maximum atomic E-state index is 13.3. The van der Waals surface area contributed by atoms with E-state index in [1.54, 1.807) is 11.3 Å². The van der Waals surface area contributed by atoms with Crippen molar-refractivity contribution in [2.45, 2.75) is 45.4 Å². The number of rotatable bonds is 4. The van der Waals surface area contributed by atoms with E-state index in [1.165, 1.54) is 30.4 Å². The number of nitrogens with zero attached hydrogens (tertiary/aromatic N) is 1. The molecule has 4 fully saturated rings. The Kier molecular flexibility index (Phi) is 4.53. The zero-order valence-electron chi connectivity index (χ0n) is 17.9. The molecule has 0 aliphatic heterocycles. The van der Waals surface area contributed by atoms with Gasteiger partial charge in [0.25, 0.3) is 0 Å². The van der Waals surface area contributed by atoms with Gasteiger partial charge in [-0.05, 0) is 80.9 Å². The number of aryl methyl sites for hydroxylation is 1. The Bertz CT molecular complexity index is 1090. The molecule has 4 heteroatoms. The lowest BCUT2D eigenvalue weighted by Crippen LogP contribution is -2.51. The minimum atomic E-state index is -0.106. The predicted molar refractivity (Wildman–Crippen MR) is 127 cm³/mol. The molecule has 4 bridgehead atoms. The van der Waals surface area contributed by atoms with Crippen LogP contribution in [0, 0.1) is 30.1 Å². The average Bonchev–Trinajstić information content (AvgIpc) is 3.24. The van der Waals surface area contributed by atoms with Gasteiger partial charge in [-0.15, -0.1) is 11.3 Å². The number of amides is 1. The van der Waals surface area contributed by atoms with E-state index in [0.29, 0.717) is 0 Å². The molecular formula is C27H28N2OS. The second-order valence-corrected chi connectivity index (χ2v) is 10.9. The largest absolute Gasteiger partial charge is 0.326 e. The number of aromatic nitrogens is 1. The van der Waals surface area contributed by atoms with Crippen molar-refractivity contribution in [3.8, 4) is 21.8 Å². The molecule has 158 valence electrons. The van der Waals surface area contributed by atoms with Gasteiger partial charge in [0, 0.05) is 22.2 Å². The fourth-order valence-corrected chi connectivity index (χ4v) is 7.64. The van der Waals surface area contributed by atoms with Crippen LogP contribution in [0.15, 0.2) is 53.9 Å². The molecule has 0 unspecified atom stereocenters. The highest BCUT2D eigenvalue weighted by atomic mass is 32.1. The summed E-state index contributed by atoms with van der Waals surface area (Å²) in [4.78, 5) is 18.2. The fourth-order valence-electron chi connectivity index (χ4n) is 6.72. The minimum Gasteiger partial charge on any atom is -0.326 e. The van der Waals surface area contributed by atoms with Crippen LogP contribution in [0.2, 0.25) is 0 Å². The summed E-state index contributed by atoms with van der Waals surface area (Å²) in [5, 5.41) is 6.42. The predicted octanol–water partition coefficient (Wildman–Crippen LogP) is 6.94. The third-order valence-corrected chi connectivity index (χ3v) is 8.71. The van der Waals surface area contributed by atoms with E-state index in [4.69, 9.17) is 4.98 Å². The minimum absolute atomic E-state index is 0.106. The standard InChI is InChI=1S/C27H28N2OS/c1-17-4-2-3-5-23(17)25-29-24(16-31-25)21-6-8-22(9-7-21)28-26(30)27-13-18-10-19(14-27)12-20(11-18)15-27/h2-9,16,18-20H,10-15H2,1H3,(H,28,30). The molecule has 1 amide bonds. The third-order valence-electron chi connectivity index (χ3n) is 7.84. The van der Waals surface area contributed by atoms with Crippen molar-refractivity contribution < 1.29 is 4.79 Å². The van der Waals surface area contributed by atoms with E-state index in [0.717, 1.165) is 59.0 Å². The molecule has 0 spiro atoms. The number of benzene rings is 2. The molecular weight excluding hydrogens is 400 g/mol. The van der Waals surface area contributed by atoms with Crippen molar-refractivity contribution >= 4 is 22.9 Å². The van der Waals surface area contributed by atoms with E-state index in [1.807, 2.05) is 12.1 Å². The molecule has 4 aliphatic rings. The Hall–Kier alpha value is -2.46. The van der Waals surface area contributed by atoms with Gasteiger partial charge in [0.2, 0.25) is 5.91 Å². The van der Waals surface area contributed by atoms with E-state index in [2.05, 4.69) is 54.0 Å². The summed E-state index contributed by atoms with van der Waals surface area (Å²) >= 11 is 1.68. The first kappa shape index (κ1) is 19.2. The van der Waals surface area contributed by atoms with Crippen molar-refractivity contribution in [2.75, 3.05) is 5.32 Å². The first-order chi connectivity index (χ1) is 15.1. The molecule has 3 nitrogen and oxygen atoms in total. The molecule has 0 saturated heterocycles. The Morgan fingerprint density at radius 2 is 1.61 bits per heavy atom. The third kappa shape index (κ3) is 3.41. The molecule has 7 rings (SSSR count). The van der Waals surface area contributed by atoms with Crippen LogP contribution in [-0.2, 0) is 4.79 Å². The lowest BCUT2D eigenvalue weighted by Gasteiger charge is -2.55. The Labute approximate surface area is 187 Å². The molecule has 1 N–H and O–H groups in total. The van der Waals surface area contributed by atoms with Crippen molar-refractivity contribution in [2.24, 2.45) is 23.2 Å². The summed E-state index contributed by atoms with van der Waals surface area (Å²) in [6.07, 6.45) is 7.38. The highest BCUT2D eigenvalue weighted by molar-refractivity contribution is 7.13. The number of carbonyl (C=O) groups is 1. The monoisotopic (exact) mass is 428 g/mol. The lowest BCUT2D eigenvalue weighted by atomic mass is 9.49. The maximum Gasteiger partial charge on any atom is 0.230 e. The second kappa shape index (κ2) is 7.30. The summed E-state index contributed by atoms with van der Waals surface area (Å²) in [5.74, 6) is 2.61. The molecule has 4 aliphatic carbocycles. The molecule has 1 aromatic heterocycles. The zero-order valence-corrected chi connectivity index (χ0v) is 18.8. The van der Waals surface area contributed by atoms with E-state index in [9.17, 15) is 4.79 Å². The quantitative estimate of drug-likeness (QED) is 0.489. The normalized spacial score (nSPS) is 28.6. The maximum absolute atomic E-state index is 13.3. The summed E-state index contributed by atoms with van der Waals surface area (Å²) in [5.41, 5.74) is 5.31.